The van der Waals surface area contributed by atoms with Gasteiger partial charge in [0.05, 0.1) is 5.69 Å². The molecule has 3 rings (SSSR count). The lowest BCUT2D eigenvalue weighted by molar-refractivity contribution is -0.146. The van der Waals surface area contributed by atoms with Crippen LogP contribution in [0.1, 0.15) is 66.6 Å². The molecule has 1 aromatic carbocycles. The normalized spacial score (nSPS) is 18.8. The van der Waals surface area contributed by atoms with Crippen LogP contribution in [-0.4, -0.2) is 23.0 Å². The summed E-state index contributed by atoms with van der Waals surface area (Å²) >= 11 is 0. The number of benzene rings is 1. The predicted octanol–water partition coefficient (Wildman–Crippen LogP) is 4.98. The first-order chi connectivity index (χ1) is 14.1. The number of nitrogens with zero attached hydrogens (tertiary/aromatic N) is 1. The van der Waals surface area contributed by atoms with Crippen LogP contribution in [0.5, 0.6) is 0 Å². The summed E-state index contributed by atoms with van der Waals surface area (Å²) in [5.74, 6) is 0.925. The van der Waals surface area contributed by atoms with E-state index in [0.717, 1.165) is 43.9 Å². The third kappa shape index (κ3) is 6.63. The molecule has 0 aliphatic heterocycles. The van der Waals surface area contributed by atoms with Crippen molar-refractivity contribution in [3.8, 4) is 0 Å². The van der Waals surface area contributed by atoms with Crippen molar-refractivity contribution < 1.29 is 14.3 Å². The van der Waals surface area contributed by atoms with Crippen LogP contribution in [0, 0.1) is 17.2 Å². The highest BCUT2D eigenvalue weighted by Crippen LogP contribution is 2.33. The van der Waals surface area contributed by atoms with E-state index in [2.05, 4.69) is 4.98 Å². The van der Waals surface area contributed by atoms with Gasteiger partial charge in [0.1, 0.15) is 6.61 Å². The minimum Gasteiger partial charge on any atom is -0.461 e. The SMILES string of the molecule is N=Cc1cc(C(=O)CCC2CCC(CC(=O)OCc3ccccc3)CC2)ccn1. The molecule has 1 aliphatic carbocycles. The molecule has 5 nitrogen and oxygen atoms in total. The van der Waals surface area contributed by atoms with Crippen LogP contribution < -0.4 is 0 Å². The van der Waals surface area contributed by atoms with Crippen molar-refractivity contribution in [2.45, 2.75) is 51.6 Å². The number of ketones is 1. The first-order valence-corrected chi connectivity index (χ1v) is 10.3. The number of carbonyl (C=O) groups excluding carboxylic acids is 2. The molecule has 1 fully saturated rings. The summed E-state index contributed by atoms with van der Waals surface area (Å²) in [7, 11) is 0. The maximum Gasteiger partial charge on any atom is 0.306 e. The van der Waals surface area contributed by atoms with E-state index >= 15 is 0 Å². The summed E-state index contributed by atoms with van der Waals surface area (Å²) in [4.78, 5) is 28.5. The van der Waals surface area contributed by atoms with Gasteiger partial charge in [0.25, 0.3) is 0 Å². The number of hydrogen-bond acceptors (Lipinski definition) is 5. The highest BCUT2D eigenvalue weighted by Gasteiger charge is 2.24. The van der Waals surface area contributed by atoms with Crippen LogP contribution in [0.15, 0.2) is 48.7 Å². The van der Waals surface area contributed by atoms with Gasteiger partial charge in [-0.05, 0) is 48.8 Å². The zero-order valence-electron chi connectivity index (χ0n) is 16.7. The summed E-state index contributed by atoms with van der Waals surface area (Å²) < 4.78 is 5.40. The topological polar surface area (TPSA) is 80.1 Å². The Kier molecular flexibility index (Phi) is 7.68. The van der Waals surface area contributed by atoms with E-state index < -0.39 is 0 Å². The van der Waals surface area contributed by atoms with E-state index in [1.165, 1.54) is 0 Å². The Hall–Kier alpha value is -2.82. The first kappa shape index (κ1) is 20.9. The second-order valence-corrected chi connectivity index (χ2v) is 7.81. The second-order valence-electron chi connectivity index (χ2n) is 7.81. The molecule has 1 N–H and O–H groups in total. The van der Waals surface area contributed by atoms with Crippen molar-refractivity contribution in [1.29, 1.82) is 5.41 Å². The molecule has 1 aromatic heterocycles. The number of aromatic nitrogens is 1. The van der Waals surface area contributed by atoms with Crippen LogP contribution in [0.25, 0.3) is 0 Å². The molecule has 152 valence electrons. The van der Waals surface area contributed by atoms with Crippen LogP contribution in [0.2, 0.25) is 0 Å². The molecule has 2 aromatic rings. The lowest BCUT2D eigenvalue weighted by Gasteiger charge is -2.27. The Bertz CT molecular complexity index is 827. The fourth-order valence-electron chi connectivity index (χ4n) is 3.94. The quantitative estimate of drug-likeness (QED) is 0.371. The van der Waals surface area contributed by atoms with Gasteiger partial charge in [-0.25, -0.2) is 0 Å². The fourth-order valence-corrected chi connectivity index (χ4v) is 3.94. The number of carbonyl (C=O) groups is 2. The molecule has 1 heterocycles. The Labute approximate surface area is 172 Å². The van der Waals surface area contributed by atoms with Gasteiger partial charge in [-0.3, -0.25) is 14.6 Å². The minimum absolute atomic E-state index is 0.113. The molecule has 0 unspecified atom stereocenters. The second kappa shape index (κ2) is 10.6. The highest BCUT2D eigenvalue weighted by molar-refractivity contribution is 5.97. The third-order valence-electron chi connectivity index (χ3n) is 5.69. The maximum atomic E-state index is 12.4. The molecular weight excluding hydrogens is 364 g/mol. The average Bonchev–Trinajstić information content (AvgIpc) is 2.77. The maximum absolute atomic E-state index is 12.4. The van der Waals surface area contributed by atoms with E-state index in [1.807, 2.05) is 30.3 Å². The smallest absolute Gasteiger partial charge is 0.306 e. The monoisotopic (exact) mass is 392 g/mol. The van der Waals surface area contributed by atoms with Crippen molar-refractivity contribution in [3.05, 3.63) is 65.5 Å². The Morgan fingerprint density at radius 2 is 1.79 bits per heavy atom. The van der Waals surface area contributed by atoms with Crippen LogP contribution in [-0.2, 0) is 16.1 Å². The summed E-state index contributed by atoms with van der Waals surface area (Å²) in [6.07, 6.45) is 8.79. The van der Waals surface area contributed by atoms with E-state index in [0.29, 0.717) is 42.5 Å². The Morgan fingerprint density at radius 1 is 1.07 bits per heavy atom. The van der Waals surface area contributed by atoms with Gasteiger partial charge in [-0.2, -0.15) is 0 Å². The van der Waals surface area contributed by atoms with Gasteiger partial charge in [0.2, 0.25) is 0 Å². The first-order valence-electron chi connectivity index (χ1n) is 10.3. The van der Waals surface area contributed by atoms with E-state index in [9.17, 15) is 9.59 Å². The molecule has 29 heavy (non-hydrogen) atoms. The molecule has 0 radical (unpaired) electrons. The third-order valence-corrected chi connectivity index (χ3v) is 5.69. The molecule has 1 aliphatic rings. The molecular formula is C24H28N2O3. The van der Waals surface area contributed by atoms with E-state index in [1.54, 1.807) is 18.3 Å². The minimum atomic E-state index is -0.118. The average molecular weight is 392 g/mol. The van der Waals surface area contributed by atoms with Crippen LogP contribution in [0.3, 0.4) is 0 Å². The van der Waals surface area contributed by atoms with Gasteiger partial charge in [0, 0.05) is 30.8 Å². The molecule has 0 atom stereocenters. The standard InChI is InChI=1S/C24H28N2O3/c25-16-22-15-21(12-13-26-22)23(27)11-10-18-6-8-19(9-7-18)14-24(28)29-17-20-4-2-1-3-5-20/h1-5,12-13,15-16,18-19,25H,6-11,14,17H2. The number of hydrogen-bond donors (Lipinski definition) is 1. The molecule has 0 saturated heterocycles. The number of pyridine rings is 1. The Balaban J connectivity index is 1.35. The highest BCUT2D eigenvalue weighted by atomic mass is 16.5. The van der Waals surface area contributed by atoms with Crippen LogP contribution >= 0.6 is 0 Å². The van der Waals surface area contributed by atoms with Crippen molar-refractivity contribution in [2.24, 2.45) is 11.8 Å². The largest absolute Gasteiger partial charge is 0.461 e. The summed E-state index contributed by atoms with van der Waals surface area (Å²) in [5, 5.41) is 7.25. The van der Waals surface area contributed by atoms with Crippen molar-refractivity contribution in [3.63, 3.8) is 0 Å². The number of ether oxygens (including phenoxy) is 1. The fraction of sp³-hybridized carbons (Fsp3) is 0.417. The van der Waals surface area contributed by atoms with Crippen molar-refractivity contribution >= 4 is 18.0 Å². The molecule has 0 bridgehead atoms. The Morgan fingerprint density at radius 3 is 2.52 bits per heavy atom. The summed E-state index contributed by atoms with van der Waals surface area (Å²) in [6, 6.07) is 13.1. The number of rotatable bonds is 9. The molecule has 0 spiro atoms. The van der Waals surface area contributed by atoms with Crippen molar-refractivity contribution in [1.82, 2.24) is 4.98 Å². The van der Waals surface area contributed by atoms with E-state index in [-0.39, 0.29) is 11.8 Å². The number of esters is 1. The number of nitrogens with one attached hydrogen (secondary N) is 1. The van der Waals surface area contributed by atoms with Gasteiger partial charge in [-0.15, -0.1) is 0 Å². The summed E-state index contributed by atoms with van der Waals surface area (Å²) in [6.45, 7) is 0.339. The summed E-state index contributed by atoms with van der Waals surface area (Å²) in [5.41, 5.74) is 2.15. The van der Waals surface area contributed by atoms with Crippen LogP contribution in [0.4, 0.5) is 0 Å². The van der Waals surface area contributed by atoms with Gasteiger partial charge >= 0.3 is 5.97 Å². The molecule has 1 saturated carbocycles. The van der Waals surface area contributed by atoms with Gasteiger partial charge in [-0.1, -0.05) is 43.2 Å². The molecule has 5 heteroatoms. The van der Waals surface area contributed by atoms with Gasteiger partial charge < -0.3 is 10.1 Å². The van der Waals surface area contributed by atoms with Gasteiger partial charge in [0.15, 0.2) is 5.78 Å². The number of Topliss-reactive ketones (excluding diaryl/α,β-unsaturated/α-hetero) is 1. The zero-order chi connectivity index (χ0) is 20.5. The predicted molar refractivity (Wildman–Crippen MR) is 112 cm³/mol. The zero-order valence-corrected chi connectivity index (χ0v) is 16.7. The van der Waals surface area contributed by atoms with Crippen molar-refractivity contribution in [2.75, 3.05) is 0 Å². The lowest BCUT2D eigenvalue weighted by atomic mass is 9.78. The molecule has 0 amide bonds. The lowest BCUT2D eigenvalue weighted by Crippen LogP contribution is -2.19. The van der Waals surface area contributed by atoms with E-state index in [4.69, 9.17) is 10.1 Å².